The van der Waals surface area contributed by atoms with E-state index in [1.54, 1.807) is 25.6 Å². The van der Waals surface area contributed by atoms with Crippen LogP contribution in [-0.2, 0) is 0 Å². The Morgan fingerprint density at radius 1 is 1.00 bits per heavy atom. The second-order valence-corrected chi connectivity index (χ2v) is 5.67. The summed E-state index contributed by atoms with van der Waals surface area (Å²) in [7, 11) is 3.32. The molecule has 22 heavy (non-hydrogen) atoms. The van der Waals surface area contributed by atoms with Crippen LogP contribution in [0.5, 0.6) is 11.5 Å². The fourth-order valence-electron chi connectivity index (χ4n) is 2.21. The van der Waals surface area contributed by atoms with Crippen molar-refractivity contribution in [3.63, 3.8) is 0 Å². The highest BCUT2D eigenvalue weighted by Gasteiger charge is 2.11. The molecule has 0 bridgehead atoms. The Balaban J connectivity index is 2.14. The molecule has 0 amide bonds. The minimum Gasteiger partial charge on any atom is -0.497 e. The zero-order valence-corrected chi connectivity index (χ0v) is 13.5. The fraction of sp³-hybridized carbons (Fsp3) is 0.167. The van der Waals surface area contributed by atoms with Crippen molar-refractivity contribution < 1.29 is 9.47 Å². The summed E-state index contributed by atoms with van der Waals surface area (Å²) in [6.07, 6.45) is 0. The topological polar surface area (TPSA) is 31.4 Å². The molecule has 0 fully saturated rings. The van der Waals surface area contributed by atoms with Crippen molar-refractivity contribution >= 4 is 21.6 Å². The molecule has 1 aromatic heterocycles. The lowest BCUT2D eigenvalue weighted by Crippen LogP contribution is -1.85. The lowest BCUT2D eigenvalue weighted by molar-refractivity contribution is 0.415. The largest absolute Gasteiger partial charge is 0.497 e. The van der Waals surface area contributed by atoms with Crippen LogP contribution in [0.2, 0.25) is 0 Å². The first-order chi connectivity index (χ1) is 10.7. The van der Waals surface area contributed by atoms with E-state index in [-0.39, 0.29) is 0 Å². The van der Waals surface area contributed by atoms with Gasteiger partial charge in [-0.1, -0.05) is 5.92 Å². The molecule has 2 aromatic carbocycles. The molecule has 1 heterocycles. The van der Waals surface area contributed by atoms with Gasteiger partial charge >= 0.3 is 0 Å². The highest BCUT2D eigenvalue weighted by molar-refractivity contribution is 7.21. The first kappa shape index (κ1) is 14.4. The third-order valence-electron chi connectivity index (χ3n) is 3.30. The monoisotopic (exact) mass is 309 g/mol. The lowest BCUT2D eigenvalue weighted by atomic mass is 10.2. The minimum absolute atomic E-state index is 0.801. The Kier molecular flexibility index (Phi) is 3.99. The molecule has 3 nitrogen and oxygen atoms in total. The summed E-state index contributed by atoms with van der Waals surface area (Å²) in [6, 6.07) is 11.8. The fourth-order valence-corrected chi connectivity index (χ4v) is 3.24. The highest BCUT2D eigenvalue weighted by Crippen LogP contribution is 2.34. The summed E-state index contributed by atoms with van der Waals surface area (Å²) < 4.78 is 11.6. The Bertz CT molecular complexity index is 870. The molecule has 110 valence electrons. The molecule has 4 heteroatoms. The van der Waals surface area contributed by atoms with Crippen molar-refractivity contribution in [2.75, 3.05) is 14.2 Å². The number of thiazole rings is 1. The Hall–Kier alpha value is -2.51. The van der Waals surface area contributed by atoms with Crippen LogP contribution in [0, 0.1) is 11.8 Å². The van der Waals surface area contributed by atoms with E-state index in [1.807, 2.05) is 43.3 Å². The second-order valence-electron chi connectivity index (χ2n) is 4.64. The predicted molar refractivity (Wildman–Crippen MR) is 90.7 cm³/mol. The smallest absolute Gasteiger partial charge is 0.124 e. The van der Waals surface area contributed by atoms with Gasteiger partial charge in [0, 0.05) is 5.56 Å². The molecule has 0 atom stereocenters. The Labute approximate surface area is 133 Å². The number of hydrogen-bond acceptors (Lipinski definition) is 4. The average Bonchev–Trinajstić information content (AvgIpc) is 2.99. The van der Waals surface area contributed by atoms with Crippen molar-refractivity contribution in [3.8, 4) is 33.9 Å². The molecule has 3 rings (SSSR count). The van der Waals surface area contributed by atoms with E-state index in [0.717, 1.165) is 37.9 Å². The third-order valence-corrected chi connectivity index (χ3v) is 4.35. The normalized spacial score (nSPS) is 10.1. The standard InChI is InChI=1S/C18H15NO2S/c1-4-5-13-10-15(21-3)11-16-17(13)19-18(22-16)12-6-8-14(20-2)9-7-12/h6-11H,1-3H3. The van der Waals surface area contributed by atoms with E-state index in [1.165, 1.54) is 0 Å². The third kappa shape index (κ3) is 2.63. The van der Waals surface area contributed by atoms with Crippen LogP contribution in [0.1, 0.15) is 12.5 Å². The molecule has 0 aliphatic carbocycles. The molecule has 0 radical (unpaired) electrons. The number of rotatable bonds is 3. The highest BCUT2D eigenvalue weighted by atomic mass is 32.1. The summed E-state index contributed by atoms with van der Waals surface area (Å²) in [5.41, 5.74) is 2.88. The molecule has 0 N–H and O–H groups in total. The molecule has 3 aromatic rings. The summed E-state index contributed by atoms with van der Waals surface area (Å²) in [5, 5.41) is 0.963. The molecular formula is C18H15NO2S. The molecule has 0 saturated heterocycles. The molecule has 0 aliphatic heterocycles. The van der Waals surface area contributed by atoms with E-state index in [0.29, 0.717) is 0 Å². The van der Waals surface area contributed by atoms with Crippen LogP contribution in [0.25, 0.3) is 20.8 Å². The number of aromatic nitrogens is 1. The number of hydrogen-bond donors (Lipinski definition) is 0. The van der Waals surface area contributed by atoms with Gasteiger partial charge in [-0.3, -0.25) is 0 Å². The zero-order valence-electron chi connectivity index (χ0n) is 12.6. The molecular weight excluding hydrogens is 294 g/mol. The van der Waals surface area contributed by atoms with Gasteiger partial charge in [0.05, 0.1) is 30.0 Å². The van der Waals surface area contributed by atoms with Crippen LogP contribution in [-0.4, -0.2) is 19.2 Å². The first-order valence-corrected chi connectivity index (χ1v) is 7.62. The van der Waals surface area contributed by atoms with Crippen LogP contribution in [0.15, 0.2) is 36.4 Å². The number of nitrogens with zero attached hydrogens (tertiary/aromatic N) is 1. The van der Waals surface area contributed by atoms with E-state index < -0.39 is 0 Å². The number of ether oxygens (including phenoxy) is 2. The minimum atomic E-state index is 0.801. The summed E-state index contributed by atoms with van der Waals surface area (Å²) >= 11 is 1.63. The second kappa shape index (κ2) is 6.08. The maximum atomic E-state index is 5.35. The van der Waals surface area contributed by atoms with E-state index in [9.17, 15) is 0 Å². The maximum Gasteiger partial charge on any atom is 0.124 e. The van der Waals surface area contributed by atoms with Gasteiger partial charge in [-0.05, 0) is 43.3 Å². The first-order valence-electron chi connectivity index (χ1n) is 6.81. The van der Waals surface area contributed by atoms with Crippen LogP contribution in [0.3, 0.4) is 0 Å². The SMILES string of the molecule is CC#Cc1cc(OC)cc2sc(-c3ccc(OC)cc3)nc12. The van der Waals surface area contributed by atoms with Gasteiger partial charge in [0.25, 0.3) is 0 Å². The molecule has 0 unspecified atom stereocenters. The van der Waals surface area contributed by atoms with Gasteiger partial charge in [-0.15, -0.1) is 17.3 Å². The lowest BCUT2D eigenvalue weighted by Gasteiger charge is -2.00. The van der Waals surface area contributed by atoms with Gasteiger partial charge in [-0.2, -0.15) is 0 Å². The van der Waals surface area contributed by atoms with Crippen LogP contribution < -0.4 is 9.47 Å². The number of fused-ring (bicyclic) bond motifs is 1. The molecule has 0 saturated carbocycles. The van der Waals surface area contributed by atoms with Gasteiger partial charge < -0.3 is 9.47 Å². The van der Waals surface area contributed by atoms with Crippen molar-refractivity contribution in [1.82, 2.24) is 4.98 Å². The zero-order chi connectivity index (χ0) is 15.5. The van der Waals surface area contributed by atoms with Crippen molar-refractivity contribution in [1.29, 1.82) is 0 Å². The van der Waals surface area contributed by atoms with Crippen LogP contribution in [0.4, 0.5) is 0 Å². The van der Waals surface area contributed by atoms with Crippen molar-refractivity contribution in [3.05, 3.63) is 42.0 Å². The van der Waals surface area contributed by atoms with Crippen molar-refractivity contribution in [2.45, 2.75) is 6.92 Å². The Morgan fingerprint density at radius 3 is 2.36 bits per heavy atom. The van der Waals surface area contributed by atoms with Gasteiger partial charge in [0.15, 0.2) is 0 Å². The van der Waals surface area contributed by atoms with Gasteiger partial charge in [0.1, 0.15) is 16.5 Å². The average molecular weight is 309 g/mol. The summed E-state index contributed by atoms with van der Waals surface area (Å²) in [5.74, 6) is 7.67. The van der Waals surface area contributed by atoms with E-state index in [4.69, 9.17) is 14.5 Å². The van der Waals surface area contributed by atoms with Gasteiger partial charge in [0.2, 0.25) is 0 Å². The van der Waals surface area contributed by atoms with Crippen molar-refractivity contribution in [2.24, 2.45) is 0 Å². The number of methoxy groups -OCH3 is 2. The Morgan fingerprint density at radius 2 is 1.73 bits per heavy atom. The molecule has 0 spiro atoms. The molecule has 0 aliphatic rings. The number of benzene rings is 2. The van der Waals surface area contributed by atoms with Crippen LogP contribution >= 0.6 is 11.3 Å². The van der Waals surface area contributed by atoms with Gasteiger partial charge in [-0.25, -0.2) is 4.98 Å². The predicted octanol–water partition coefficient (Wildman–Crippen LogP) is 4.35. The van der Waals surface area contributed by atoms with E-state index >= 15 is 0 Å². The maximum absolute atomic E-state index is 5.35. The van der Waals surface area contributed by atoms with E-state index in [2.05, 4.69) is 11.8 Å². The quantitative estimate of drug-likeness (QED) is 0.674. The summed E-state index contributed by atoms with van der Waals surface area (Å²) in [6.45, 7) is 1.82. The summed E-state index contributed by atoms with van der Waals surface area (Å²) in [4.78, 5) is 4.75.